The molecule has 0 radical (unpaired) electrons. The summed E-state index contributed by atoms with van der Waals surface area (Å²) in [7, 11) is 2.09. The predicted molar refractivity (Wildman–Crippen MR) is 70.2 cm³/mol. The Morgan fingerprint density at radius 2 is 2.26 bits per heavy atom. The molecule has 2 fully saturated rings. The maximum Gasteiger partial charge on any atom is 0.310 e. The zero-order valence-electron chi connectivity index (χ0n) is 11.7. The van der Waals surface area contributed by atoms with Gasteiger partial charge in [-0.15, -0.1) is 0 Å². The number of hydrogen-bond acceptors (Lipinski definition) is 5. The van der Waals surface area contributed by atoms with Crippen LogP contribution in [0, 0.1) is 5.92 Å². The van der Waals surface area contributed by atoms with E-state index in [-0.39, 0.29) is 12.1 Å². The van der Waals surface area contributed by atoms with Crippen LogP contribution in [-0.4, -0.2) is 86.1 Å². The number of carboxylic acids is 1. The van der Waals surface area contributed by atoms with Crippen molar-refractivity contribution in [2.45, 2.75) is 19.1 Å². The third-order valence-electron chi connectivity index (χ3n) is 4.02. The van der Waals surface area contributed by atoms with E-state index in [9.17, 15) is 9.90 Å². The number of rotatable bonds is 5. The van der Waals surface area contributed by atoms with E-state index in [1.165, 1.54) is 0 Å². The van der Waals surface area contributed by atoms with Gasteiger partial charge in [-0.25, -0.2) is 0 Å². The molecular weight excluding hydrogens is 248 g/mol. The number of hydrogen-bond donors (Lipinski definition) is 1. The Balaban J connectivity index is 1.93. The van der Waals surface area contributed by atoms with Crippen LogP contribution in [0.5, 0.6) is 0 Å². The van der Waals surface area contributed by atoms with E-state index in [1.807, 2.05) is 0 Å². The van der Waals surface area contributed by atoms with Gasteiger partial charge >= 0.3 is 5.97 Å². The van der Waals surface area contributed by atoms with Gasteiger partial charge in [0.25, 0.3) is 0 Å². The molecule has 1 N–H and O–H groups in total. The first-order chi connectivity index (χ1) is 9.11. The van der Waals surface area contributed by atoms with Gasteiger partial charge in [0.1, 0.15) is 0 Å². The van der Waals surface area contributed by atoms with Crippen LogP contribution in [0.4, 0.5) is 0 Å². The Morgan fingerprint density at radius 3 is 2.89 bits per heavy atom. The number of morpholine rings is 1. The third-order valence-corrected chi connectivity index (χ3v) is 4.02. The van der Waals surface area contributed by atoms with E-state index < -0.39 is 11.9 Å². The molecule has 6 heteroatoms. The normalized spacial score (nSPS) is 32.9. The van der Waals surface area contributed by atoms with Crippen molar-refractivity contribution in [3.63, 3.8) is 0 Å². The summed E-state index contributed by atoms with van der Waals surface area (Å²) < 4.78 is 11.1. The number of likely N-dealkylation sites (N-methyl/N-ethyl adjacent to an activating group) is 2. The molecule has 2 aliphatic heterocycles. The van der Waals surface area contributed by atoms with Crippen LogP contribution in [-0.2, 0) is 14.3 Å². The van der Waals surface area contributed by atoms with Crippen LogP contribution in [0.2, 0.25) is 0 Å². The second kappa shape index (κ2) is 6.65. The van der Waals surface area contributed by atoms with Crippen LogP contribution in [0.1, 0.15) is 6.92 Å². The van der Waals surface area contributed by atoms with Crippen LogP contribution < -0.4 is 0 Å². The molecule has 19 heavy (non-hydrogen) atoms. The molecule has 3 atom stereocenters. The van der Waals surface area contributed by atoms with Crippen molar-refractivity contribution < 1.29 is 19.4 Å². The van der Waals surface area contributed by atoms with Crippen molar-refractivity contribution in [3.8, 4) is 0 Å². The Kier molecular flexibility index (Phi) is 5.15. The van der Waals surface area contributed by atoms with Gasteiger partial charge in [0.05, 0.1) is 31.8 Å². The Hall–Kier alpha value is -0.690. The summed E-state index contributed by atoms with van der Waals surface area (Å²) in [5.74, 6) is -1.18. The molecule has 6 nitrogen and oxygen atoms in total. The third kappa shape index (κ3) is 3.66. The molecule has 0 spiro atoms. The summed E-state index contributed by atoms with van der Waals surface area (Å²) in [5.41, 5.74) is 0. The first kappa shape index (κ1) is 14.7. The molecule has 110 valence electrons. The number of carbonyl (C=O) groups is 1. The molecule has 3 unspecified atom stereocenters. The van der Waals surface area contributed by atoms with E-state index in [0.29, 0.717) is 13.2 Å². The minimum absolute atomic E-state index is 0.0293. The molecule has 0 aromatic heterocycles. The predicted octanol–water partition coefficient (Wildman–Crippen LogP) is -0.261. The average Bonchev–Trinajstić information content (AvgIpc) is 2.85. The minimum atomic E-state index is -0.761. The van der Waals surface area contributed by atoms with E-state index in [0.717, 1.165) is 32.8 Å². The molecular formula is C13H24N2O4. The Morgan fingerprint density at radius 1 is 1.47 bits per heavy atom. The lowest BCUT2D eigenvalue weighted by Crippen LogP contribution is -2.51. The van der Waals surface area contributed by atoms with Gasteiger partial charge in [-0.3, -0.25) is 9.69 Å². The fourth-order valence-electron chi connectivity index (χ4n) is 2.88. The average molecular weight is 272 g/mol. The molecule has 2 rings (SSSR count). The number of ether oxygens (including phenoxy) is 2. The van der Waals surface area contributed by atoms with Crippen LogP contribution in [0.3, 0.4) is 0 Å². The van der Waals surface area contributed by atoms with Gasteiger partial charge in [0.2, 0.25) is 0 Å². The SMILES string of the molecule is CCN(CC1CN(C)CCO1)C1COCC1C(=O)O. The van der Waals surface area contributed by atoms with Gasteiger partial charge in [-0.2, -0.15) is 0 Å². The summed E-state index contributed by atoms with van der Waals surface area (Å²) in [6.07, 6.45) is 0.161. The lowest BCUT2D eigenvalue weighted by Gasteiger charge is -2.36. The van der Waals surface area contributed by atoms with Crippen LogP contribution in [0.25, 0.3) is 0 Å². The Bertz CT molecular complexity index is 313. The highest BCUT2D eigenvalue weighted by molar-refractivity contribution is 5.71. The van der Waals surface area contributed by atoms with Crippen molar-refractivity contribution in [2.75, 3.05) is 53.0 Å². The van der Waals surface area contributed by atoms with E-state index >= 15 is 0 Å². The van der Waals surface area contributed by atoms with Gasteiger partial charge in [0.15, 0.2) is 0 Å². The Labute approximate surface area is 114 Å². The maximum atomic E-state index is 11.2. The molecule has 2 aliphatic rings. The monoisotopic (exact) mass is 272 g/mol. The molecule has 0 amide bonds. The summed E-state index contributed by atoms with van der Waals surface area (Å²) in [5, 5.41) is 9.23. The molecule has 2 heterocycles. The molecule has 0 saturated carbocycles. The van der Waals surface area contributed by atoms with Crippen molar-refractivity contribution in [2.24, 2.45) is 5.92 Å². The van der Waals surface area contributed by atoms with E-state index in [4.69, 9.17) is 9.47 Å². The fraction of sp³-hybridized carbons (Fsp3) is 0.923. The van der Waals surface area contributed by atoms with Gasteiger partial charge in [0, 0.05) is 25.7 Å². The zero-order valence-corrected chi connectivity index (χ0v) is 11.7. The number of nitrogens with zero attached hydrogens (tertiary/aromatic N) is 2. The first-order valence-electron chi connectivity index (χ1n) is 6.96. The first-order valence-corrected chi connectivity index (χ1v) is 6.96. The fourth-order valence-corrected chi connectivity index (χ4v) is 2.88. The second-order valence-electron chi connectivity index (χ2n) is 5.39. The van der Waals surface area contributed by atoms with E-state index in [2.05, 4.69) is 23.8 Å². The van der Waals surface area contributed by atoms with Gasteiger partial charge in [-0.05, 0) is 13.6 Å². The van der Waals surface area contributed by atoms with Crippen molar-refractivity contribution in [1.29, 1.82) is 0 Å². The minimum Gasteiger partial charge on any atom is -0.481 e. The van der Waals surface area contributed by atoms with Gasteiger partial charge < -0.3 is 19.5 Å². The quantitative estimate of drug-likeness (QED) is 0.744. The largest absolute Gasteiger partial charge is 0.481 e. The highest BCUT2D eigenvalue weighted by atomic mass is 16.5. The standard InChI is InChI=1S/C13H24N2O4/c1-3-15(7-10-6-14(2)4-5-19-10)12-9-18-8-11(12)13(16)17/h10-12H,3-9H2,1-2H3,(H,16,17). The maximum absolute atomic E-state index is 11.2. The molecule has 0 aromatic rings. The number of carboxylic acid groups (broad SMARTS) is 1. The van der Waals surface area contributed by atoms with Crippen LogP contribution in [0.15, 0.2) is 0 Å². The topological polar surface area (TPSA) is 62.2 Å². The highest BCUT2D eigenvalue weighted by Gasteiger charge is 2.38. The summed E-state index contributed by atoms with van der Waals surface area (Å²) in [6, 6.07) is -0.0293. The number of aliphatic carboxylic acids is 1. The van der Waals surface area contributed by atoms with Crippen LogP contribution >= 0.6 is 0 Å². The highest BCUT2D eigenvalue weighted by Crippen LogP contribution is 2.21. The van der Waals surface area contributed by atoms with Crippen molar-refractivity contribution in [1.82, 2.24) is 9.80 Å². The second-order valence-corrected chi connectivity index (χ2v) is 5.39. The molecule has 0 aromatic carbocycles. The molecule has 0 aliphatic carbocycles. The zero-order chi connectivity index (χ0) is 13.8. The smallest absolute Gasteiger partial charge is 0.310 e. The lowest BCUT2D eigenvalue weighted by atomic mass is 10.0. The molecule has 2 saturated heterocycles. The van der Waals surface area contributed by atoms with Gasteiger partial charge in [-0.1, -0.05) is 6.92 Å². The summed E-state index contributed by atoms with van der Waals surface area (Å²) in [6.45, 7) is 7.11. The summed E-state index contributed by atoms with van der Waals surface area (Å²) >= 11 is 0. The van der Waals surface area contributed by atoms with Crippen molar-refractivity contribution >= 4 is 5.97 Å². The summed E-state index contributed by atoms with van der Waals surface area (Å²) in [4.78, 5) is 15.7. The lowest BCUT2D eigenvalue weighted by molar-refractivity contribution is -0.143. The molecule has 0 bridgehead atoms. The van der Waals surface area contributed by atoms with E-state index in [1.54, 1.807) is 0 Å². The van der Waals surface area contributed by atoms with Crippen molar-refractivity contribution in [3.05, 3.63) is 0 Å².